The number of halogens is 1. The molecule has 1 aromatic rings. The molecule has 1 aliphatic rings. The first-order chi connectivity index (χ1) is 7.99. The van der Waals surface area contributed by atoms with Crippen molar-refractivity contribution in [3.05, 3.63) is 33.3 Å². The van der Waals surface area contributed by atoms with E-state index < -0.39 is 16.8 Å². The van der Waals surface area contributed by atoms with Crippen molar-refractivity contribution in [2.24, 2.45) is 5.92 Å². The van der Waals surface area contributed by atoms with Gasteiger partial charge in [-0.2, -0.15) is 0 Å². The molecule has 1 N–H and O–H groups in total. The summed E-state index contributed by atoms with van der Waals surface area (Å²) in [6.07, 6.45) is 0. The van der Waals surface area contributed by atoms with E-state index in [1.165, 1.54) is 18.2 Å². The molecule has 0 aromatic heterocycles. The fraction of sp³-hybridized carbons (Fsp3) is 0.300. The first-order valence-corrected chi connectivity index (χ1v) is 5.28. The molecule has 0 unspecified atom stereocenters. The number of hydrogen-bond acceptors (Lipinski definition) is 4. The molecule has 1 heterocycles. The maximum atomic E-state index is 10.8. The number of aliphatic carboxylic acids is 1. The molecule has 0 atom stereocenters. The van der Waals surface area contributed by atoms with Crippen LogP contribution in [0.1, 0.15) is 0 Å². The lowest BCUT2D eigenvalue weighted by Gasteiger charge is -2.38. The van der Waals surface area contributed by atoms with Gasteiger partial charge in [-0.05, 0) is 12.1 Å². The fourth-order valence-electron chi connectivity index (χ4n) is 1.74. The maximum absolute atomic E-state index is 10.8. The largest absolute Gasteiger partial charge is 0.481 e. The van der Waals surface area contributed by atoms with Crippen LogP contribution < -0.4 is 4.90 Å². The average Bonchev–Trinajstić information content (AvgIpc) is 2.14. The maximum Gasteiger partial charge on any atom is 0.310 e. The zero-order valence-electron chi connectivity index (χ0n) is 8.67. The number of carboxylic acid groups (broad SMARTS) is 1. The number of anilines is 1. The van der Waals surface area contributed by atoms with Crippen molar-refractivity contribution >= 4 is 28.9 Å². The number of carboxylic acids is 1. The Kier molecular flexibility index (Phi) is 2.89. The highest BCUT2D eigenvalue weighted by Gasteiger charge is 2.35. The van der Waals surface area contributed by atoms with E-state index in [0.29, 0.717) is 10.7 Å². The molecular weight excluding hydrogens is 248 g/mol. The topological polar surface area (TPSA) is 83.7 Å². The van der Waals surface area contributed by atoms with E-state index in [4.69, 9.17) is 16.7 Å². The van der Waals surface area contributed by atoms with E-state index in [9.17, 15) is 14.9 Å². The molecule has 1 aromatic carbocycles. The minimum absolute atomic E-state index is 0.0572. The number of rotatable bonds is 3. The van der Waals surface area contributed by atoms with Gasteiger partial charge in [0.2, 0.25) is 0 Å². The number of nitro groups is 1. The second-order valence-electron chi connectivity index (χ2n) is 3.83. The summed E-state index contributed by atoms with van der Waals surface area (Å²) in [5.41, 5.74) is 0.318. The molecule has 1 aliphatic heterocycles. The van der Waals surface area contributed by atoms with Gasteiger partial charge in [-0.25, -0.2) is 0 Å². The van der Waals surface area contributed by atoms with Crippen molar-refractivity contribution in [1.82, 2.24) is 0 Å². The summed E-state index contributed by atoms with van der Waals surface area (Å²) in [5.74, 6) is -1.35. The van der Waals surface area contributed by atoms with E-state index in [2.05, 4.69) is 0 Å². The van der Waals surface area contributed by atoms with Gasteiger partial charge in [0, 0.05) is 24.2 Å². The highest BCUT2D eigenvalue weighted by Crippen LogP contribution is 2.35. The minimum Gasteiger partial charge on any atom is -0.481 e. The van der Waals surface area contributed by atoms with Crippen LogP contribution in [0.5, 0.6) is 0 Å². The van der Waals surface area contributed by atoms with Crippen LogP contribution in [0.4, 0.5) is 11.4 Å². The molecule has 2 rings (SSSR count). The zero-order chi connectivity index (χ0) is 12.6. The normalized spacial score (nSPS) is 15.5. The molecule has 17 heavy (non-hydrogen) atoms. The van der Waals surface area contributed by atoms with E-state index >= 15 is 0 Å². The summed E-state index contributed by atoms with van der Waals surface area (Å²) in [4.78, 5) is 22.6. The standard InChI is InChI=1S/C10H9ClN2O4/c11-7-1-2-8(13(16)17)9(3-7)12-4-6(5-12)10(14)15/h1-3,6H,4-5H2,(H,14,15). The molecular formula is C10H9ClN2O4. The monoisotopic (exact) mass is 256 g/mol. The Balaban J connectivity index is 2.24. The Labute approximate surface area is 102 Å². The Morgan fingerprint density at radius 3 is 2.71 bits per heavy atom. The highest BCUT2D eigenvalue weighted by atomic mass is 35.5. The molecule has 1 fully saturated rings. The van der Waals surface area contributed by atoms with Crippen LogP contribution >= 0.6 is 11.6 Å². The van der Waals surface area contributed by atoms with Crippen LogP contribution in [0.15, 0.2) is 18.2 Å². The van der Waals surface area contributed by atoms with E-state index in [1.807, 2.05) is 0 Å². The zero-order valence-corrected chi connectivity index (χ0v) is 9.42. The van der Waals surface area contributed by atoms with Gasteiger partial charge < -0.3 is 10.0 Å². The molecule has 0 aliphatic carbocycles. The Morgan fingerprint density at radius 2 is 2.18 bits per heavy atom. The van der Waals surface area contributed by atoms with Crippen molar-refractivity contribution in [2.75, 3.05) is 18.0 Å². The summed E-state index contributed by atoms with van der Waals surface area (Å²) in [6.45, 7) is 0.549. The van der Waals surface area contributed by atoms with Crippen molar-refractivity contribution in [2.45, 2.75) is 0 Å². The van der Waals surface area contributed by atoms with Gasteiger partial charge in [0.15, 0.2) is 0 Å². The lowest BCUT2D eigenvalue weighted by molar-refractivity contribution is -0.384. The summed E-state index contributed by atoms with van der Waals surface area (Å²) in [7, 11) is 0. The predicted octanol–water partition coefficient (Wildman–Crippen LogP) is 1.77. The summed E-state index contributed by atoms with van der Waals surface area (Å²) in [6, 6.07) is 4.25. The molecule has 0 amide bonds. The number of nitro benzene ring substituents is 1. The highest BCUT2D eigenvalue weighted by molar-refractivity contribution is 6.31. The number of hydrogen-bond donors (Lipinski definition) is 1. The van der Waals surface area contributed by atoms with Gasteiger partial charge in [0.05, 0.1) is 10.8 Å². The Hall–Kier alpha value is -1.82. The van der Waals surface area contributed by atoms with Crippen molar-refractivity contribution in [1.29, 1.82) is 0 Å². The second-order valence-corrected chi connectivity index (χ2v) is 4.27. The first kappa shape index (κ1) is 11.7. The van der Waals surface area contributed by atoms with E-state index in [1.54, 1.807) is 4.90 Å². The van der Waals surface area contributed by atoms with Crippen LogP contribution in [0.3, 0.4) is 0 Å². The molecule has 6 nitrogen and oxygen atoms in total. The third kappa shape index (κ3) is 2.16. The fourth-order valence-corrected chi connectivity index (χ4v) is 1.90. The van der Waals surface area contributed by atoms with Gasteiger partial charge in [-0.1, -0.05) is 11.6 Å². The molecule has 0 radical (unpaired) electrons. The number of carbonyl (C=O) groups is 1. The molecule has 1 saturated heterocycles. The van der Waals surface area contributed by atoms with E-state index in [0.717, 1.165) is 0 Å². The van der Waals surface area contributed by atoms with Crippen LogP contribution in [0.2, 0.25) is 5.02 Å². The van der Waals surface area contributed by atoms with Gasteiger partial charge in [-0.15, -0.1) is 0 Å². The van der Waals surface area contributed by atoms with E-state index in [-0.39, 0.29) is 18.8 Å². The summed E-state index contributed by atoms with van der Waals surface area (Å²) >= 11 is 5.78. The lowest BCUT2D eigenvalue weighted by atomic mass is 9.99. The first-order valence-electron chi connectivity index (χ1n) is 4.90. The Morgan fingerprint density at radius 1 is 1.53 bits per heavy atom. The van der Waals surface area contributed by atoms with Crippen molar-refractivity contribution < 1.29 is 14.8 Å². The summed E-state index contributed by atoms with van der Waals surface area (Å²) < 4.78 is 0. The second kappa shape index (κ2) is 4.21. The minimum atomic E-state index is -0.883. The lowest BCUT2D eigenvalue weighted by Crippen LogP contribution is -2.50. The van der Waals surface area contributed by atoms with Crippen LogP contribution in [-0.4, -0.2) is 29.1 Å². The van der Waals surface area contributed by atoms with Crippen LogP contribution in [0, 0.1) is 16.0 Å². The molecule has 0 bridgehead atoms. The Bertz CT molecular complexity index is 485. The molecule has 0 saturated carbocycles. The van der Waals surface area contributed by atoms with Crippen LogP contribution in [0.25, 0.3) is 0 Å². The predicted molar refractivity (Wildman–Crippen MR) is 61.4 cm³/mol. The molecule has 7 heteroatoms. The molecule has 90 valence electrons. The number of benzene rings is 1. The SMILES string of the molecule is O=C(O)C1CN(c2cc(Cl)ccc2[N+](=O)[O-])C1. The third-order valence-electron chi connectivity index (χ3n) is 2.71. The van der Waals surface area contributed by atoms with Crippen molar-refractivity contribution in [3.8, 4) is 0 Å². The van der Waals surface area contributed by atoms with Gasteiger partial charge in [0.1, 0.15) is 5.69 Å². The quantitative estimate of drug-likeness (QED) is 0.658. The summed E-state index contributed by atoms with van der Waals surface area (Å²) in [5, 5.41) is 19.9. The van der Waals surface area contributed by atoms with Crippen LogP contribution in [-0.2, 0) is 4.79 Å². The van der Waals surface area contributed by atoms with Gasteiger partial charge in [0.25, 0.3) is 5.69 Å². The average molecular weight is 257 g/mol. The van der Waals surface area contributed by atoms with Crippen molar-refractivity contribution in [3.63, 3.8) is 0 Å². The third-order valence-corrected chi connectivity index (χ3v) is 2.94. The van der Waals surface area contributed by atoms with Gasteiger partial charge >= 0.3 is 5.97 Å². The molecule has 0 spiro atoms. The van der Waals surface area contributed by atoms with Gasteiger partial charge in [-0.3, -0.25) is 14.9 Å². The smallest absolute Gasteiger partial charge is 0.310 e. The number of nitrogens with zero attached hydrogens (tertiary/aromatic N) is 2.